The van der Waals surface area contributed by atoms with E-state index >= 15 is 0 Å². The summed E-state index contributed by atoms with van der Waals surface area (Å²) in [5.41, 5.74) is 1.11. The van der Waals surface area contributed by atoms with Crippen LogP contribution in [0.5, 0.6) is 5.75 Å². The SMILES string of the molecule is CCS(=O)(=O)N1C[C@@H](C(=O)Nc2cccc(SC)c2)Oc2ccccc21. The van der Waals surface area contributed by atoms with Gasteiger partial charge in [0.2, 0.25) is 10.0 Å². The molecule has 2 aromatic rings. The molecule has 1 N–H and O–H groups in total. The van der Waals surface area contributed by atoms with Crippen LogP contribution in [-0.4, -0.2) is 39.0 Å². The zero-order valence-electron chi connectivity index (χ0n) is 14.5. The Hall–Kier alpha value is -2.19. The minimum absolute atomic E-state index is 0.0502. The molecule has 0 aliphatic carbocycles. The van der Waals surface area contributed by atoms with Crippen LogP contribution >= 0.6 is 11.8 Å². The van der Waals surface area contributed by atoms with Crippen LogP contribution < -0.4 is 14.4 Å². The van der Waals surface area contributed by atoms with Crippen LogP contribution in [-0.2, 0) is 14.8 Å². The molecule has 1 atom stereocenters. The van der Waals surface area contributed by atoms with Crippen molar-refractivity contribution in [3.63, 3.8) is 0 Å². The van der Waals surface area contributed by atoms with Gasteiger partial charge in [0, 0.05) is 10.6 Å². The lowest BCUT2D eigenvalue weighted by Crippen LogP contribution is -2.49. The number of thioether (sulfide) groups is 1. The van der Waals surface area contributed by atoms with Crippen LogP contribution in [0.4, 0.5) is 11.4 Å². The number of carbonyl (C=O) groups is 1. The van der Waals surface area contributed by atoms with Gasteiger partial charge in [-0.1, -0.05) is 18.2 Å². The normalized spacial score (nSPS) is 16.5. The van der Waals surface area contributed by atoms with Gasteiger partial charge in [-0.3, -0.25) is 9.10 Å². The second-order valence-electron chi connectivity index (χ2n) is 5.73. The van der Waals surface area contributed by atoms with Crippen molar-refractivity contribution in [2.45, 2.75) is 17.9 Å². The summed E-state index contributed by atoms with van der Waals surface area (Å²) in [6, 6.07) is 14.3. The summed E-state index contributed by atoms with van der Waals surface area (Å²) in [6.07, 6.45) is 1.03. The van der Waals surface area contributed by atoms with Crippen LogP contribution in [0.1, 0.15) is 6.92 Å². The molecule has 8 heteroatoms. The highest BCUT2D eigenvalue weighted by atomic mass is 32.2. The number of carbonyl (C=O) groups excluding carboxylic acids is 1. The second-order valence-corrected chi connectivity index (χ2v) is 8.79. The Morgan fingerprint density at radius 1 is 1.27 bits per heavy atom. The van der Waals surface area contributed by atoms with Gasteiger partial charge in [-0.25, -0.2) is 8.42 Å². The molecule has 3 rings (SSSR count). The fraction of sp³-hybridized carbons (Fsp3) is 0.278. The van der Waals surface area contributed by atoms with Crippen molar-refractivity contribution in [1.82, 2.24) is 0 Å². The van der Waals surface area contributed by atoms with Crippen molar-refractivity contribution >= 4 is 39.1 Å². The summed E-state index contributed by atoms with van der Waals surface area (Å²) in [6.45, 7) is 1.53. The molecular weight excluding hydrogens is 372 g/mol. The third-order valence-corrected chi connectivity index (χ3v) is 6.54. The van der Waals surface area contributed by atoms with E-state index in [0.29, 0.717) is 17.1 Å². The fourth-order valence-corrected chi connectivity index (χ4v) is 4.27. The van der Waals surface area contributed by atoms with E-state index in [1.807, 2.05) is 24.5 Å². The van der Waals surface area contributed by atoms with E-state index in [4.69, 9.17) is 4.74 Å². The summed E-state index contributed by atoms with van der Waals surface area (Å²) in [5.74, 6) is -0.0475. The molecule has 0 bridgehead atoms. The Kier molecular flexibility index (Phi) is 5.43. The van der Waals surface area contributed by atoms with Gasteiger partial charge >= 0.3 is 0 Å². The van der Waals surface area contributed by atoms with Crippen molar-refractivity contribution < 1.29 is 17.9 Å². The average molecular weight is 393 g/mol. The highest BCUT2D eigenvalue weighted by Crippen LogP contribution is 2.35. The molecule has 1 amide bonds. The largest absolute Gasteiger partial charge is 0.476 e. The molecule has 0 unspecified atom stereocenters. The molecule has 0 saturated carbocycles. The van der Waals surface area contributed by atoms with E-state index in [9.17, 15) is 13.2 Å². The van der Waals surface area contributed by atoms with Gasteiger partial charge in [0.15, 0.2) is 6.10 Å². The highest BCUT2D eigenvalue weighted by Gasteiger charge is 2.35. The third-order valence-electron chi connectivity index (χ3n) is 4.07. The molecule has 0 spiro atoms. The maximum absolute atomic E-state index is 12.7. The molecule has 26 heavy (non-hydrogen) atoms. The molecule has 0 aromatic heterocycles. The van der Waals surface area contributed by atoms with E-state index in [1.54, 1.807) is 49.0 Å². The number of hydrogen-bond acceptors (Lipinski definition) is 5. The van der Waals surface area contributed by atoms with E-state index in [2.05, 4.69) is 5.32 Å². The number of nitrogens with one attached hydrogen (secondary N) is 1. The number of fused-ring (bicyclic) bond motifs is 1. The van der Waals surface area contributed by atoms with E-state index < -0.39 is 16.1 Å². The Bertz CT molecular complexity index is 915. The number of para-hydroxylation sites is 2. The van der Waals surface area contributed by atoms with E-state index in [-0.39, 0.29) is 18.2 Å². The molecule has 0 saturated heterocycles. The average Bonchev–Trinajstić information content (AvgIpc) is 2.67. The highest BCUT2D eigenvalue weighted by molar-refractivity contribution is 7.98. The third kappa shape index (κ3) is 3.81. The first-order valence-electron chi connectivity index (χ1n) is 8.15. The molecule has 2 aromatic carbocycles. The molecule has 1 aliphatic heterocycles. The monoisotopic (exact) mass is 392 g/mol. The molecule has 138 valence electrons. The number of ether oxygens (including phenoxy) is 1. The summed E-state index contributed by atoms with van der Waals surface area (Å²) in [7, 11) is -3.51. The predicted octanol–water partition coefficient (Wildman–Crippen LogP) is 2.96. The minimum atomic E-state index is -3.51. The summed E-state index contributed by atoms with van der Waals surface area (Å²) in [4.78, 5) is 13.7. The zero-order chi connectivity index (χ0) is 18.7. The molecule has 0 fully saturated rings. The number of amides is 1. The molecule has 6 nitrogen and oxygen atoms in total. The van der Waals surface area contributed by atoms with Crippen molar-refractivity contribution in [1.29, 1.82) is 0 Å². The van der Waals surface area contributed by atoms with Gasteiger partial charge in [-0.05, 0) is 43.5 Å². The van der Waals surface area contributed by atoms with Crippen LogP contribution in [0.2, 0.25) is 0 Å². The Morgan fingerprint density at radius 2 is 2.04 bits per heavy atom. The smallest absolute Gasteiger partial charge is 0.267 e. The van der Waals surface area contributed by atoms with Crippen molar-refractivity contribution in [2.24, 2.45) is 0 Å². The first-order valence-corrected chi connectivity index (χ1v) is 11.0. The Morgan fingerprint density at radius 3 is 2.77 bits per heavy atom. The second kappa shape index (κ2) is 7.59. The Balaban J connectivity index is 1.86. The quantitative estimate of drug-likeness (QED) is 0.792. The van der Waals surface area contributed by atoms with Gasteiger partial charge in [-0.15, -0.1) is 11.8 Å². The van der Waals surface area contributed by atoms with Crippen molar-refractivity contribution in [3.8, 4) is 5.75 Å². The number of hydrogen-bond donors (Lipinski definition) is 1. The van der Waals surface area contributed by atoms with Crippen LogP contribution in [0.15, 0.2) is 53.4 Å². The predicted molar refractivity (Wildman–Crippen MR) is 105 cm³/mol. The zero-order valence-corrected chi connectivity index (χ0v) is 16.1. The lowest BCUT2D eigenvalue weighted by Gasteiger charge is -2.34. The van der Waals surface area contributed by atoms with Gasteiger partial charge in [0.1, 0.15) is 5.75 Å². The standard InChI is InChI=1S/C18H20N2O4S2/c1-3-26(22,23)20-12-17(24-16-10-5-4-9-15(16)20)18(21)19-13-7-6-8-14(11-13)25-2/h4-11,17H,3,12H2,1-2H3,(H,19,21)/t17-/m0/s1. The number of benzene rings is 2. The van der Waals surface area contributed by atoms with Crippen molar-refractivity contribution in [3.05, 3.63) is 48.5 Å². The van der Waals surface area contributed by atoms with E-state index in [0.717, 1.165) is 4.90 Å². The number of rotatable bonds is 5. The van der Waals surface area contributed by atoms with Crippen LogP contribution in [0, 0.1) is 0 Å². The Labute approximate surface area is 157 Å². The lowest BCUT2D eigenvalue weighted by atomic mass is 10.2. The topological polar surface area (TPSA) is 75.7 Å². The maximum atomic E-state index is 12.7. The molecule has 0 radical (unpaired) electrons. The van der Waals surface area contributed by atoms with Gasteiger partial charge in [0.25, 0.3) is 5.91 Å². The summed E-state index contributed by atoms with van der Waals surface area (Å²) < 4.78 is 32.0. The summed E-state index contributed by atoms with van der Waals surface area (Å²) in [5, 5.41) is 2.81. The van der Waals surface area contributed by atoms with E-state index in [1.165, 1.54) is 4.31 Å². The fourth-order valence-electron chi connectivity index (χ4n) is 2.68. The number of anilines is 2. The van der Waals surface area contributed by atoms with Crippen LogP contribution in [0.25, 0.3) is 0 Å². The number of nitrogens with zero attached hydrogens (tertiary/aromatic N) is 1. The van der Waals surface area contributed by atoms with Crippen LogP contribution in [0.3, 0.4) is 0 Å². The minimum Gasteiger partial charge on any atom is -0.476 e. The molecule has 1 aliphatic rings. The maximum Gasteiger partial charge on any atom is 0.267 e. The molecule has 1 heterocycles. The van der Waals surface area contributed by atoms with Gasteiger partial charge in [0.05, 0.1) is 18.0 Å². The first kappa shape index (κ1) is 18.6. The van der Waals surface area contributed by atoms with Crippen molar-refractivity contribution in [2.75, 3.05) is 28.2 Å². The molecular formula is C18H20N2O4S2. The first-order chi connectivity index (χ1) is 12.4. The van der Waals surface area contributed by atoms with Gasteiger partial charge in [-0.2, -0.15) is 0 Å². The summed E-state index contributed by atoms with van der Waals surface area (Å²) >= 11 is 1.57. The number of sulfonamides is 1. The van der Waals surface area contributed by atoms with Gasteiger partial charge < -0.3 is 10.1 Å². The lowest BCUT2D eigenvalue weighted by molar-refractivity contribution is -0.122.